The quantitative estimate of drug-likeness (QED) is 0.844. The van der Waals surface area contributed by atoms with Crippen molar-refractivity contribution in [1.29, 1.82) is 0 Å². The molecule has 1 N–H and O–H groups in total. The Bertz CT molecular complexity index is 345. The van der Waals surface area contributed by atoms with Crippen molar-refractivity contribution in [2.45, 2.75) is 51.6 Å². The average Bonchev–Trinajstić information content (AvgIpc) is 2.85. The molecule has 1 saturated carbocycles. The minimum absolute atomic E-state index is 0.527. The Kier molecular flexibility index (Phi) is 5.05. The highest BCUT2D eigenvalue weighted by Crippen LogP contribution is 2.27. The number of hydrogen-bond donors (Lipinski definition) is 1. The van der Waals surface area contributed by atoms with Gasteiger partial charge in [-0.3, -0.25) is 4.68 Å². The summed E-state index contributed by atoms with van der Waals surface area (Å²) in [5.41, 5.74) is 0. The zero-order valence-corrected chi connectivity index (χ0v) is 11.6. The van der Waals surface area contributed by atoms with Crippen molar-refractivity contribution in [2.24, 2.45) is 5.92 Å². The fraction of sp³-hybridized carbons (Fsp3) is 0.786. The van der Waals surface area contributed by atoms with Crippen LogP contribution in [0.15, 0.2) is 12.4 Å². The summed E-state index contributed by atoms with van der Waals surface area (Å²) in [5, 5.41) is 7.83. The summed E-state index contributed by atoms with van der Waals surface area (Å²) in [6.07, 6.45) is 10.7. The van der Waals surface area contributed by atoms with Gasteiger partial charge in [0.15, 0.2) is 5.75 Å². The van der Waals surface area contributed by atoms with Crippen LogP contribution < -0.4 is 10.1 Å². The number of aromatic nitrogens is 2. The van der Waals surface area contributed by atoms with Gasteiger partial charge in [0.25, 0.3) is 0 Å². The van der Waals surface area contributed by atoms with E-state index < -0.39 is 0 Å². The largest absolute Gasteiger partial charge is 0.491 e. The lowest BCUT2D eigenvalue weighted by molar-refractivity contribution is 0.252. The Labute approximate surface area is 110 Å². The maximum atomic E-state index is 5.44. The van der Waals surface area contributed by atoms with Crippen molar-refractivity contribution >= 4 is 0 Å². The maximum absolute atomic E-state index is 5.44. The molecular weight excluding hydrogens is 226 g/mol. The van der Waals surface area contributed by atoms with Gasteiger partial charge in [0, 0.05) is 6.04 Å². The lowest BCUT2D eigenvalue weighted by atomic mass is 9.84. The van der Waals surface area contributed by atoms with Gasteiger partial charge in [-0.25, -0.2) is 0 Å². The van der Waals surface area contributed by atoms with Gasteiger partial charge in [-0.15, -0.1) is 0 Å². The summed E-state index contributed by atoms with van der Waals surface area (Å²) in [4.78, 5) is 0. The van der Waals surface area contributed by atoms with Gasteiger partial charge in [0.2, 0.25) is 0 Å². The first-order chi connectivity index (χ1) is 8.83. The van der Waals surface area contributed by atoms with E-state index in [1.807, 2.05) is 17.8 Å². The lowest BCUT2D eigenvalue weighted by Crippen LogP contribution is -2.38. The van der Waals surface area contributed by atoms with Gasteiger partial charge in [0.05, 0.1) is 25.5 Å². The molecule has 18 heavy (non-hydrogen) atoms. The molecule has 0 spiro atoms. The Balaban J connectivity index is 1.91. The van der Waals surface area contributed by atoms with E-state index in [2.05, 4.69) is 17.5 Å². The Morgan fingerprint density at radius 1 is 1.44 bits per heavy atom. The first kappa shape index (κ1) is 13.4. The number of likely N-dealkylation sites (N-methyl/N-ethyl adjacent to an activating group) is 1. The fourth-order valence-electron chi connectivity index (χ4n) is 2.90. The third kappa shape index (κ3) is 3.48. The first-order valence-electron chi connectivity index (χ1n) is 7.16. The smallest absolute Gasteiger partial charge is 0.157 e. The van der Waals surface area contributed by atoms with Crippen molar-refractivity contribution in [3.63, 3.8) is 0 Å². The average molecular weight is 251 g/mol. The summed E-state index contributed by atoms with van der Waals surface area (Å²) in [6.45, 7) is 3.63. The molecule has 0 radical (unpaired) electrons. The predicted octanol–water partition coefficient (Wildman–Crippen LogP) is 2.45. The zero-order valence-electron chi connectivity index (χ0n) is 11.6. The van der Waals surface area contributed by atoms with Crippen molar-refractivity contribution in [2.75, 3.05) is 13.7 Å². The number of rotatable bonds is 6. The van der Waals surface area contributed by atoms with Crippen LogP contribution in [0.1, 0.15) is 39.0 Å². The van der Waals surface area contributed by atoms with Gasteiger partial charge in [0.1, 0.15) is 0 Å². The highest BCUT2D eigenvalue weighted by Gasteiger charge is 2.22. The zero-order chi connectivity index (χ0) is 12.8. The van der Waals surface area contributed by atoms with Crippen LogP contribution in [-0.2, 0) is 6.54 Å². The summed E-state index contributed by atoms with van der Waals surface area (Å²) in [5.74, 6) is 1.67. The molecule has 0 saturated heterocycles. The molecule has 1 aliphatic carbocycles. The van der Waals surface area contributed by atoms with Crippen LogP contribution in [0.3, 0.4) is 0 Å². The van der Waals surface area contributed by atoms with E-state index in [1.165, 1.54) is 32.1 Å². The van der Waals surface area contributed by atoms with Crippen molar-refractivity contribution < 1.29 is 4.74 Å². The summed E-state index contributed by atoms with van der Waals surface area (Å²) >= 11 is 0. The molecule has 102 valence electrons. The van der Waals surface area contributed by atoms with Crippen LogP contribution in [0, 0.1) is 5.92 Å². The van der Waals surface area contributed by atoms with Crippen LogP contribution in [0.5, 0.6) is 5.75 Å². The highest BCUT2D eigenvalue weighted by atomic mass is 16.5. The summed E-state index contributed by atoms with van der Waals surface area (Å²) in [6, 6.07) is 0.527. The Morgan fingerprint density at radius 3 is 2.89 bits per heavy atom. The highest BCUT2D eigenvalue weighted by molar-refractivity contribution is 5.11. The minimum atomic E-state index is 0.527. The van der Waals surface area contributed by atoms with Gasteiger partial charge in [-0.2, -0.15) is 5.10 Å². The molecule has 0 aliphatic heterocycles. The predicted molar refractivity (Wildman–Crippen MR) is 72.8 cm³/mol. The van der Waals surface area contributed by atoms with E-state index in [0.29, 0.717) is 12.6 Å². The van der Waals surface area contributed by atoms with Crippen molar-refractivity contribution in [3.8, 4) is 5.75 Å². The normalized spacial score (nSPS) is 18.8. The molecule has 1 unspecified atom stereocenters. The number of ether oxygens (including phenoxy) is 1. The SMILES string of the molecule is CCOc1cnn(CC(NC)C2CCCCC2)c1. The van der Waals surface area contributed by atoms with Crippen molar-refractivity contribution in [3.05, 3.63) is 12.4 Å². The molecule has 2 rings (SSSR count). The van der Waals surface area contributed by atoms with E-state index in [0.717, 1.165) is 18.2 Å². The van der Waals surface area contributed by atoms with E-state index in [9.17, 15) is 0 Å². The Morgan fingerprint density at radius 2 is 2.22 bits per heavy atom. The van der Waals surface area contributed by atoms with Crippen molar-refractivity contribution in [1.82, 2.24) is 15.1 Å². The standard InChI is InChI=1S/C14H25N3O/c1-3-18-13-9-16-17(10-13)11-14(15-2)12-7-5-4-6-8-12/h9-10,12,14-15H,3-8,11H2,1-2H3. The monoisotopic (exact) mass is 251 g/mol. The lowest BCUT2D eigenvalue weighted by Gasteiger charge is -2.29. The molecule has 0 aromatic carbocycles. The molecule has 0 amide bonds. The second-order valence-electron chi connectivity index (χ2n) is 5.12. The number of nitrogens with zero attached hydrogens (tertiary/aromatic N) is 2. The molecule has 4 nitrogen and oxygen atoms in total. The van der Waals surface area contributed by atoms with Gasteiger partial charge >= 0.3 is 0 Å². The third-order valence-electron chi connectivity index (χ3n) is 3.89. The van der Waals surface area contributed by atoms with E-state index in [4.69, 9.17) is 4.74 Å². The maximum Gasteiger partial charge on any atom is 0.157 e. The minimum Gasteiger partial charge on any atom is -0.491 e. The molecule has 1 fully saturated rings. The summed E-state index contributed by atoms with van der Waals surface area (Å²) in [7, 11) is 2.06. The molecule has 1 heterocycles. The Hall–Kier alpha value is -1.03. The van der Waals surface area contributed by atoms with Crippen LogP contribution in [0.2, 0.25) is 0 Å². The first-order valence-corrected chi connectivity index (χ1v) is 7.16. The molecule has 1 aromatic rings. The number of hydrogen-bond acceptors (Lipinski definition) is 3. The van der Waals surface area contributed by atoms with Gasteiger partial charge < -0.3 is 10.1 Å². The molecular formula is C14H25N3O. The second kappa shape index (κ2) is 6.78. The van der Waals surface area contributed by atoms with Crippen LogP contribution in [0.25, 0.3) is 0 Å². The van der Waals surface area contributed by atoms with Gasteiger partial charge in [-0.1, -0.05) is 19.3 Å². The molecule has 4 heteroatoms. The molecule has 0 bridgehead atoms. The third-order valence-corrected chi connectivity index (χ3v) is 3.89. The van der Waals surface area contributed by atoms with Gasteiger partial charge in [-0.05, 0) is 32.7 Å². The molecule has 1 aliphatic rings. The van der Waals surface area contributed by atoms with E-state index in [1.54, 1.807) is 6.20 Å². The second-order valence-corrected chi connectivity index (χ2v) is 5.12. The van der Waals surface area contributed by atoms with Crippen LogP contribution >= 0.6 is 0 Å². The van der Waals surface area contributed by atoms with E-state index in [-0.39, 0.29) is 0 Å². The molecule has 1 atom stereocenters. The van der Waals surface area contributed by atoms with Crippen LogP contribution in [0.4, 0.5) is 0 Å². The fourth-order valence-corrected chi connectivity index (χ4v) is 2.90. The topological polar surface area (TPSA) is 39.1 Å². The van der Waals surface area contributed by atoms with E-state index >= 15 is 0 Å². The van der Waals surface area contributed by atoms with Crippen LogP contribution in [-0.4, -0.2) is 29.5 Å². The molecule has 1 aromatic heterocycles. The summed E-state index contributed by atoms with van der Waals surface area (Å²) < 4.78 is 7.44. The number of nitrogens with one attached hydrogen (secondary N) is 1.